The van der Waals surface area contributed by atoms with Crippen molar-refractivity contribution >= 4 is 11.0 Å². The van der Waals surface area contributed by atoms with Crippen LogP contribution in [0.2, 0.25) is 0 Å². The lowest BCUT2D eigenvalue weighted by atomic mass is 10.0. The molecule has 0 saturated carbocycles. The van der Waals surface area contributed by atoms with Gasteiger partial charge in [-0.1, -0.05) is 30.3 Å². The van der Waals surface area contributed by atoms with Gasteiger partial charge in [0.2, 0.25) is 0 Å². The van der Waals surface area contributed by atoms with Gasteiger partial charge in [-0.15, -0.1) is 0 Å². The first-order valence-electron chi connectivity index (χ1n) is 11.1. The highest BCUT2D eigenvalue weighted by Crippen LogP contribution is 2.31. The van der Waals surface area contributed by atoms with Crippen molar-refractivity contribution in [3.63, 3.8) is 0 Å². The molecule has 3 aromatic heterocycles. The third kappa shape index (κ3) is 4.38. The topological polar surface area (TPSA) is 37.2 Å². The quantitative estimate of drug-likeness (QED) is 0.471. The molecular weight excluding hydrogens is 382 g/mol. The molecule has 5 rings (SSSR count). The van der Waals surface area contributed by atoms with Gasteiger partial charge in [-0.2, -0.15) is 0 Å². The molecule has 5 nitrogen and oxygen atoms in total. The van der Waals surface area contributed by atoms with Crippen molar-refractivity contribution in [2.75, 3.05) is 39.8 Å². The number of hydrogen-bond acceptors (Lipinski definition) is 4. The molecular formula is C26H29N5. The first-order valence-corrected chi connectivity index (χ1v) is 11.1. The molecule has 0 spiro atoms. The van der Waals surface area contributed by atoms with Crippen molar-refractivity contribution in [3.05, 3.63) is 73.3 Å². The summed E-state index contributed by atoms with van der Waals surface area (Å²) >= 11 is 0. The highest BCUT2D eigenvalue weighted by atomic mass is 15.2. The zero-order valence-electron chi connectivity index (χ0n) is 18.1. The van der Waals surface area contributed by atoms with Crippen LogP contribution in [0.1, 0.15) is 6.42 Å². The fourth-order valence-corrected chi connectivity index (χ4v) is 4.43. The van der Waals surface area contributed by atoms with Crippen LogP contribution in [-0.2, 0) is 6.54 Å². The Hall–Kier alpha value is -3.02. The van der Waals surface area contributed by atoms with E-state index in [0.717, 1.165) is 41.7 Å². The van der Waals surface area contributed by atoms with Gasteiger partial charge in [0, 0.05) is 74.2 Å². The van der Waals surface area contributed by atoms with Gasteiger partial charge in [0.05, 0.1) is 11.0 Å². The second-order valence-corrected chi connectivity index (χ2v) is 8.43. The Kier molecular flexibility index (Phi) is 5.78. The summed E-state index contributed by atoms with van der Waals surface area (Å²) in [6.45, 7) is 6.84. The average Bonchev–Trinajstić information content (AvgIpc) is 3.20. The Labute approximate surface area is 184 Å². The van der Waals surface area contributed by atoms with Gasteiger partial charge in [0.25, 0.3) is 0 Å². The Balaban J connectivity index is 1.39. The van der Waals surface area contributed by atoms with Gasteiger partial charge in [0.15, 0.2) is 0 Å². The van der Waals surface area contributed by atoms with Crippen LogP contribution in [0.4, 0.5) is 0 Å². The molecule has 31 heavy (non-hydrogen) atoms. The molecule has 1 saturated heterocycles. The van der Waals surface area contributed by atoms with Gasteiger partial charge < -0.3 is 14.4 Å². The summed E-state index contributed by atoms with van der Waals surface area (Å²) < 4.78 is 2.36. The molecule has 4 heterocycles. The number of hydrogen-bond donors (Lipinski definition) is 0. The van der Waals surface area contributed by atoms with E-state index in [1.165, 1.54) is 37.3 Å². The predicted octanol–water partition coefficient (Wildman–Crippen LogP) is 4.40. The minimum Gasteiger partial charge on any atom is -0.345 e. The van der Waals surface area contributed by atoms with Crippen molar-refractivity contribution in [1.82, 2.24) is 24.3 Å². The molecule has 0 amide bonds. The van der Waals surface area contributed by atoms with E-state index in [1.807, 2.05) is 30.7 Å². The summed E-state index contributed by atoms with van der Waals surface area (Å²) in [5.41, 5.74) is 6.82. The van der Waals surface area contributed by atoms with Crippen molar-refractivity contribution in [1.29, 1.82) is 0 Å². The summed E-state index contributed by atoms with van der Waals surface area (Å²) in [7, 11) is 2.21. The highest BCUT2D eigenvalue weighted by molar-refractivity contribution is 5.93. The van der Waals surface area contributed by atoms with Crippen LogP contribution < -0.4 is 0 Å². The number of pyridine rings is 2. The molecule has 158 valence electrons. The second-order valence-electron chi connectivity index (χ2n) is 8.43. The molecule has 0 radical (unpaired) electrons. The molecule has 1 aliphatic rings. The summed E-state index contributed by atoms with van der Waals surface area (Å²) in [5.74, 6) is 0. The number of piperazine rings is 1. The second kappa shape index (κ2) is 9.00. The van der Waals surface area contributed by atoms with Crippen LogP contribution in [0.25, 0.3) is 33.3 Å². The van der Waals surface area contributed by atoms with Crippen molar-refractivity contribution in [2.45, 2.75) is 13.0 Å². The smallest absolute Gasteiger partial charge is 0.0959 e. The van der Waals surface area contributed by atoms with Gasteiger partial charge in [-0.25, -0.2) is 0 Å². The van der Waals surface area contributed by atoms with E-state index in [-0.39, 0.29) is 0 Å². The number of aromatic nitrogens is 3. The Bertz CT molecular complexity index is 1140. The van der Waals surface area contributed by atoms with Gasteiger partial charge in [-0.05, 0) is 43.8 Å². The van der Waals surface area contributed by atoms with E-state index in [2.05, 4.69) is 69.0 Å². The molecule has 1 aliphatic heterocycles. The van der Waals surface area contributed by atoms with E-state index < -0.39 is 0 Å². The average molecular weight is 412 g/mol. The van der Waals surface area contributed by atoms with E-state index in [0.29, 0.717) is 0 Å². The maximum absolute atomic E-state index is 4.72. The lowest BCUT2D eigenvalue weighted by molar-refractivity contribution is 0.151. The molecule has 0 unspecified atom stereocenters. The molecule has 1 fully saturated rings. The van der Waals surface area contributed by atoms with E-state index in [9.17, 15) is 0 Å². The Morgan fingerprint density at radius 2 is 1.65 bits per heavy atom. The van der Waals surface area contributed by atoms with Crippen LogP contribution in [0.3, 0.4) is 0 Å². The van der Waals surface area contributed by atoms with Crippen LogP contribution in [0.5, 0.6) is 0 Å². The summed E-state index contributed by atoms with van der Waals surface area (Å²) in [5, 5.41) is 0. The van der Waals surface area contributed by atoms with Crippen LogP contribution >= 0.6 is 0 Å². The molecule has 1 aromatic carbocycles. The van der Waals surface area contributed by atoms with E-state index in [1.54, 1.807) is 0 Å². The molecule has 0 aliphatic carbocycles. The standard InChI is InChI=1S/C26H29N5/c1-29-13-15-30(16-14-29)11-6-12-31-20-24(26-25(31)9-5-10-28-26)23-17-22(18-27-19-23)21-7-3-2-4-8-21/h2-5,7-10,17-20H,6,11-16H2,1H3. The van der Waals surface area contributed by atoms with Crippen molar-refractivity contribution < 1.29 is 0 Å². The first kappa shape index (κ1) is 19.9. The maximum atomic E-state index is 4.72. The fourth-order valence-electron chi connectivity index (χ4n) is 4.43. The Morgan fingerprint density at radius 1 is 0.839 bits per heavy atom. The number of rotatable bonds is 6. The lowest BCUT2D eigenvalue weighted by Crippen LogP contribution is -2.44. The lowest BCUT2D eigenvalue weighted by Gasteiger charge is -2.32. The predicted molar refractivity (Wildman–Crippen MR) is 127 cm³/mol. The van der Waals surface area contributed by atoms with Crippen LogP contribution in [0, 0.1) is 0 Å². The van der Waals surface area contributed by atoms with Gasteiger partial charge >= 0.3 is 0 Å². The van der Waals surface area contributed by atoms with Crippen LogP contribution in [0.15, 0.2) is 73.3 Å². The highest BCUT2D eigenvalue weighted by Gasteiger charge is 2.15. The minimum atomic E-state index is 1.00. The van der Waals surface area contributed by atoms with Gasteiger partial charge in [0.1, 0.15) is 0 Å². The zero-order valence-corrected chi connectivity index (χ0v) is 18.1. The molecule has 4 aromatic rings. The number of nitrogens with zero attached hydrogens (tertiary/aromatic N) is 5. The Morgan fingerprint density at radius 3 is 2.48 bits per heavy atom. The monoisotopic (exact) mass is 411 g/mol. The fraction of sp³-hybridized carbons (Fsp3) is 0.308. The summed E-state index contributed by atoms with van der Waals surface area (Å²) in [6, 6.07) is 16.9. The number of fused-ring (bicyclic) bond motifs is 1. The third-order valence-corrected chi connectivity index (χ3v) is 6.26. The number of aryl methyl sites for hydroxylation is 1. The SMILES string of the molecule is CN1CCN(CCCn2cc(-c3cncc(-c4ccccc4)c3)c3ncccc32)CC1. The normalized spacial score (nSPS) is 15.5. The number of benzene rings is 1. The molecule has 0 atom stereocenters. The van der Waals surface area contributed by atoms with Gasteiger partial charge in [-0.3, -0.25) is 9.97 Å². The summed E-state index contributed by atoms with van der Waals surface area (Å²) in [4.78, 5) is 14.2. The maximum Gasteiger partial charge on any atom is 0.0959 e. The summed E-state index contributed by atoms with van der Waals surface area (Å²) in [6.07, 6.45) is 9.17. The molecule has 0 N–H and O–H groups in total. The van der Waals surface area contributed by atoms with E-state index >= 15 is 0 Å². The number of likely N-dealkylation sites (N-methyl/N-ethyl adjacent to an activating group) is 1. The molecule has 5 heteroatoms. The first-order chi connectivity index (χ1) is 15.3. The minimum absolute atomic E-state index is 1.00. The zero-order chi connectivity index (χ0) is 21.0. The van der Waals surface area contributed by atoms with Crippen molar-refractivity contribution in [2.24, 2.45) is 0 Å². The molecule has 0 bridgehead atoms. The largest absolute Gasteiger partial charge is 0.345 e. The van der Waals surface area contributed by atoms with Crippen LogP contribution in [-0.4, -0.2) is 64.1 Å². The van der Waals surface area contributed by atoms with Crippen molar-refractivity contribution in [3.8, 4) is 22.3 Å². The van der Waals surface area contributed by atoms with E-state index in [4.69, 9.17) is 4.98 Å². The third-order valence-electron chi connectivity index (χ3n) is 6.26.